The molecular weight excluding hydrogens is 643 g/mol. The summed E-state index contributed by atoms with van der Waals surface area (Å²) in [5.41, 5.74) is 3.10. The largest absolute Gasteiger partial charge is 0.462 e. The van der Waals surface area contributed by atoms with E-state index in [4.69, 9.17) is 25.8 Å². The highest BCUT2D eigenvalue weighted by Crippen LogP contribution is 2.39. The summed E-state index contributed by atoms with van der Waals surface area (Å²) in [4.78, 5) is 47.0. The number of nitrogens with zero attached hydrogens (tertiary/aromatic N) is 4. The fraction of sp³-hybridized carbons (Fsp3) is 0.568. The number of piperidine rings is 1. The van der Waals surface area contributed by atoms with Crippen molar-refractivity contribution in [2.75, 3.05) is 31.2 Å². The number of Topliss-reactive ketones (excluding diaryl/α,β-unsaturated/α-hetero) is 1. The summed E-state index contributed by atoms with van der Waals surface area (Å²) in [6.45, 7) is 21.9. The van der Waals surface area contributed by atoms with Crippen molar-refractivity contribution in [2.24, 2.45) is 5.92 Å². The Morgan fingerprint density at radius 3 is 2.35 bits per heavy atom. The van der Waals surface area contributed by atoms with E-state index in [1.54, 1.807) is 27.7 Å². The number of benzene rings is 1. The third kappa shape index (κ3) is 12.1. The topological polar surface area (TPSA) is 135 Å². The number of nitriles is 1. The number of thioether (sulfide) groups is 1. The normalized spacial score (nSPS) is 14.1. The Labute approximate surface area is 294 Å². The van der Waals surface area contributed by atoms with Crippen LogP contribution in [-0.2, 0) is 42.4 Å². The molecule has 0 aliphatic carbocycles. The smallest absolute Gasteiger partial charge is 0.408 e. The van der Waals surface area contributed by atoms with Crippen LogP contribution in [0.15, 0.2) is 29.3 Å². The molecular formula is C37H49N5O6S. The van der Waals surface area contributed by atoms with E-state index in [0.29, 0.717) is 78.6 Å². The van der Waals surface area contributed by atoms with Crippen LogP contribution < -0.4 is 10.2 Å². The Kier molecular flexibility index (Phi) is 14.9. The molecule has 0 radical (unpaired) electrons. The maximum atomic E-state index is 12.7. The molecule has 2 heterocycles. The quantitative estimate of drug-likeness (QED) is 0.0904. The SMILES string of the molecule is [C-]#[N+]c1c(N2CCC(OCCOC(=O)[C@@H](NC(=O)OC(C)(C)C)C(C)C)CC2)nc(SCc2ccc(CCC(C)=O)cc2)c(C#N)c1CC. The molecule has 1 aliphatic rings. The number of amides is 1. The first-order valence-corrected chi connectivity index (χ1v) is 17.8. The summed E-state index contributed by atoms with van der Waals surface area (Å²) in [6.07, 6.45) is 2.44. The first kappa shape index (κ1) is 39.3. The number of pyridine rings is 1. The first-order valence-electron chi connectivity index (χ1n) is 16.8. The maximum absolute atomic E-state index is 12.7. The van der Waals surface area contributed by atoms with Crippen LogP contribution in [0.1, 0.15) is 90.0 Å². The second kappa shape index (κ2) is 18.6. The van der Waals surface area contributed by atoms with Crippen LogP contribution in [-0.4, -0.2) is 66.9 Å². The van der Waals surface area contributed by atoms with Crippen LogP contribution in [0.3, 0.4) is 0 Å². The number of ketones is 1. The molecule has 1 aliphatic heterocycles. The predicted molar refractivity (Wildman–Crippen MR) is 190 cm³/mol. The van der Waals surface area contributed by atoms with Crippen LogP contribution in [0.4, 0.5) is 16.3 Å². The van der Waals surface area contributed by atoms with Crippen LogP contribution in [0.5, 0.6) is 0 Å². The van der Waals surface area contributed by atoms with E-state index in [1.165, 1.54) is 11.8 Å². The molecule has 0 spiro atoms. The van der Waals surface area contributed by atoms with Gasteiger partial charge in [0, 0.05) is 25.3 Å². The van der Waals surface area contributed by atoms with Crippen molar-refractivity contribution in [1.82, 2.24) is 10.3 Å². The van der Waals surface area contributed by atoms with Crippen molar-refractivity contribution in [1.29, 1.82) is 5.26 Å². The molecule has 1 aromatic heterocycles. The molecule has 1 saturated heterocycles. The summed E-state index contributed by atoms with van der Waals surface area (Å²) in [7, 11) is 0. The van der Waals surface area contributed by atoms with Crippen LogP contribution in [0, 0.1) is 23.8 Å². The third-order valence-corrected chi connectivity index (χ3v) is 9.02. The van der Waals surface area contributed by atoms with Crippen molar-refractivity contribution >= 4 is 41.1 Å². The predicted octanol–water partition coefficient (Wildman–Crippen LogP) is 6.96. The molecule has 2 aromatic rings. The Balaban J connectivity index is 1.59. The Morgan fingerprint density at radius 2 is 1.80 bits per heavy atom. The summed E-state index contributed by atoms with van der Waals surface area (Å²) < 4.78 is 16.7. The van der Waals surface area contributed by atoms with E-state index < -0.39 is 23.7 Å². The number of carbonyl (C=O) groups is 3. The Bertz CT molecular complexity index is 1530. The number of esters is 1. The van der Waals surface area contributed by atoms with E-state index >= 15 is 0 Å². The van der Waals surface area contributed by atoms with Gasteiger partial charge in [-0.15, -0.1) is 11.8 Å². The number of alkyl carbamates (subject to hydrolysis) is 1. The average molecular weight is 692 g/mol. The molecule has 0 unspecified atom stereocenters. The molecule has 49 heavy (non-hydrogen) atoms. The fourth-order valence-corrected chi connectivity index (χ4v) is 6.34. The van der Waals surface area contributed by atoms with Crippen molar-refractivity contribution in [3.63, 3.8) is 0 Å². The lowest BCUT2D eigenvalue weighted by Gasteiger charge is -2.34. The Hall–Kier alpha value is -4.13. The van der Waals surface area contributed by atoms with Gasteiger partial charge in [-0.1, -0.05) is 45.0 Å². The third-order valence-electron chi connectivity index (χ3n) is 7.98. The molecule has 1 atom stereocenters. The van der Waals surface area contributed by atoms with E-state index in [2.05, 4.69) is 21.1 Å². The van der Waals surface area contributed by atoms with Crippen LogP contribution in [0.2, 0.25) is 0 Å². The van der Waals surface area contributed by atoms with Gasteiger partial charge in [-0.2, -0.15) is 5.26 Å². The molecule has 1 amide bonds. The second-order valence-corrected chi connectivity index (χ2v) is 14.4. The van der Waals surface area contributed by atoms with Crippen molar-refractivity contribution in [2.45, 2.75) is 109 Å². The molecule has 264 valence electrons. The molecule has 1 aromatic carbocycles. The van der Waals surface area contributed by atoms with Crippen LogP contribution in [0.25, 0.3) is 4.85 Å². The molecule has 1 N–H and O–H groups in total. The average Bonchev–Trinajstić information content (AvgIpc) is 3.06. The molecule has 12 heteroatoms. The van der Waals surface area contributed by atoms with Gasteiger partial charge in [0.1, 0.15) is 40.9 Å². The molecule has 0 bridgehead atoms. The standard InChI is InChI=1S/C37H49N5O6S/c1-9-29-30(22-38)34(49-23-27-14-12-26(13-15-27)11-10-25(4)43)41-33(32(29)39-8)42-18-16-28(17-19-42)46-20-21-47-35(44)31(24(2)3)40-36(45)48-37(5,6)7/h12-15,24,28,31H,9-11,16-21,23H2,1-7H3,(H,40,45)/t31-/m0/s1. The van der Waals surface area contributed by atoms with Gasteiger partial charge < -0.3 is 29.2 Å². The van der Waals surface area contributed by atoms with Crippen LogP contribution >= 0.6 is 11.8 Å². The zero-order chi connectivity index (χ0) is 36.1. The number of anilines is 1. The van der Waals surface area contributed by atoms with Crippen molar-refractivity contribution in [3.8, 4) is 6.07 Å². The van der Waals surface area contributed by atoms with Gasteiger partial charge >= 0.3 is 12.1 Å². The van der Waals surface area contributed by atoms with E-state index in [1.807, 2.05) is 45.0 Å². The fourth-order valence-electron chi connectivity index (χ4n) is 5.38. The van der Waals surface area contributed by atoms with Gasteiger partial charge in [-0.05, 0) is 76.0 Å². The summed E-state index contributed by atoms with van der Waals surface area (Å²) in [5.74, 6) is 0.647. The number of rotatable bonds is 15. The van der Waals surface area contributed by atoms with Gasteiger partial charge in [0.2, 0.25) is 5.69 Å². The molecule has 0 saturated carbocycles. The van der Waals surface area contributed by atoms with Gasteiger partial charge in [-0.3, -0.25) is 0 Å². The molecule has 3 rings (SSSR count). The summed E-state index contributed by atoms with van der Waals surface area (Å²) in [5, 5.41) is 13.3. The number of carbonyl (C=O) groups excluding carboxylic acids is 3. The highest BCUT2D eigenvalue weighted by atomic mass is 32.2. The van der Waals surface area contributed by atoms with Gasteiger partial charge in [0.25, 0.3) is 0 Å². The molecule has 11 nitrogen and oxygen atoms in total. The second-order valence-electron chi connectivity index (χ2n) is 13.4. The number of aryl methyl sites for hydroxylation is 1. The lowest BCUT2D eigenvalue weighted by atomic mass is 10.0. The van der Waals surface area contributed by atoms with Gasteiger partial charge in [0.15, 0.2) is 0 Å². The Morgan fingerprint density at radius 1 is 1.14 bits per heavy atom. The summed E-state index contributed by atoms with van der Waals surface area (Å²) >= 11 is 1.49. The number of aromatic nitrogens is 1. The first-order chi connectivity index (χ1) is 23.3. The van der Waals surface area contributed by atoms with E-state index in [0.717, 1.165) is 11.1 Å². The lowest BCUT2D eigenvalue weighted by molar-refractivity contribution is -0.149. The lowest BCUT2D eigenvalue weighted by Crippen LogP contribution is -2.47. The number of hydrogen-bond donors (Lipinski definition) is 1. The highest BCUT2D eigenvalue weighted by Gasteiger charge is 2.29. The summed E-state index contributed by atoms with van der Waals surface area (Å²) in [6, 6.07) is 9.62. The minimum atomic E-state index is -0.838. The number of hydrogen-bond acceptors (Lipinski definition) is 10. The minimum absolute atomic E-state index is 0.0524. The monoisotopic (exact) mass is 691 g/mol. The van der Waals surface area contributed by atoms with E-state index in [-0.39, 0.29) is 31.0 Å². The maximum Gasteiger partial charge on any atom is 0.408 e. The van der Waals surface area contributed by atoms with Gasteiger partial charge in [0.05, 0.1) is 24.8 Å². The minimum Gasteiger partial charge on any atom is -0.462 e. The van der Waals surface area contributed by atoms with E-state index in [9.17, 15) is 19.6 Å². The number of ether oxygens (including phenoxy) is 3. The van der Waals surface area contributed by atoms with Crippen molar-refractivity contribution < 1.29 is 28.6 Å². The van der Waals surface area contributed by atoms with Crippen molar-refractivity contribution in [3.05, 3.63) is 57.9 Å². The molecule has 1 fully saturated rings. The zero-order valence-electron chi connectivity index (χ0n) is 29.8. The highest BCUT2D eigenvalue weighted by molar-refractivity contribution is 7.98. The van der Waals surface area contributed by atoms with Gasteiger partial charge in [-0.25, -0.2) is 19.4 Å². The number of nitrogens with one attached hydrogen (secondary N) is 1. The zero-order valence-corrected chi connectivity index (χ0v) is 30.6.